The lowest BCUT2D eigenvalue weighted by Gasteiger charge is -2.23. The molecule has 0 saturated carbocycles. The van der Waals surface area contributed by atoms with E-state index in [-0.39, 0.29) is 17.3 Å². The van der Waals surface area contributed by atoms with E-state index in [2.05, 4.69) is 30.3 Å². The van der Waals surface area contributed by atoms with Gasteiger partial charge in [-0.1, -0.05) is 45.0 Å². The second-order valence-corrected chi connectivity index (χ2v) is 12.3. The van der Waals surface area contributed by atoms with E-state index in [9.17, 15) is 18.0 Å². The molecule has 1 atom stereocenters. The minimum atomic E-state index is -4.44. The molecule has 4 aromatic rings. The number of esters is 1. The predicted molar refractivity (Wildman–Crippen MR) is 153 cm³/mol. The maximum atomic E-state index is 13.4. The first-order chi connectivity index (χ1) is 18.8. The van der Waals surface area contributed by atoms with Gasteiger partial charge in [-0.3, -0.25) is 9.78 Å². The van der Waals surface area contributed by atoms with E-state index in [0.29, 0.717) is 17.7 Å². The number of hydrogen-bond acceptors (Lipinski definition) is 5. The number of nitrogens with zero attached hydrogens (tertiary/aromatic N) is 2. The van der Waals surface area contributed by atoms with Crippen molar-refractivity contribution in [2.75, 3.05) is 13.7 Å². The van der Waals surface area contributed by atoms with E-state index in [1.54, 1.807) is 25.8 Å². The van der Waals surface area contributed by atoms with Crippen molar-refractivity contribution in [1.82, 2.24) is 9.55 Å². The van der Waals surface area contributed by atoms with Crippen molar-refractivity contribution in [2.24, 2.45) is 7.05 Å². The van der Waals surface area contributed by atoms with Crippen molar-refractivity contribution in [3.05, 3.63) is 77.6 Å². The third kappa shape index (κ3) is 6.46. The van der Waals surface area contributed by atoms with E-state index < -0.39 is 17.7 Å². The summed E-state index contributed by atoms with van der Waals surface area (Å²) in [5, 5.41) is 1.01. The molecule has 0 aliphatic heterocycles. The normalized spacial score (nSPS) is 12.9. The number of carbonyl (C=O) groups excluding carboxylic acids is 1. The van der Waals surface area contributed by atoms with Crippen LogP contribution in [0.15, 0.2) is 65.7 Å². The van der Waals surface area contributed by atoms with Crippen LogP contribution in [0.3, 0.4) is 0 Å². The first kappa shape index (κ1) is 29.5. The number of carbonyl (C=O) groups is 1. The number of halogens is 3. The highest BCUT2D eigenvalue weighted by Gasteiger charge is 2.33. The quantitative estimate of drug-likeness (QED) is 0.159. The van der Waals surface area contributed by atoms with Crippen molar-refractivity contribution in [3.63, 3.8) is 0 Å². The molecular weight excluding hydrogens is 537 g/mol. The molecule has 0 aliphatic rings. The fraction of sp³-hybridized carbons (Fsp3) is 0.355. The van der Waals surface area contributed by atoms with Gasteiger partial charge in [0, 0.05) is 45.0 Å². The van der Waals surface area contributed by atoms with Gasteiger partial charge in [0.2, 0.25) is 0 Å². The Morgan fingerprint density at radius 1 is 1.05 bits per heavy atom. The smallest absolute Gasteiger partial charge is 0.417 e. The van der Waals surface area contributed by atoms with Gasteiger partial charge in [0.05, 0.1) is 25.0 Å². The number of alkyl halides is 3. The first-order valence-electron chi connectivity index (χ1n) is 13.0. The molecule has 0 bridgehead atoms. The molecule has 2 heterocycles. The highest BCUT2D eigenvalue weighted by atomic mass is 32.2. The molecular formula is C31H33F3N2O3S. The molecule has 0 fully saturated rings. The van der Waals surface area contributed by atoms with Crippen LogP contribution in [-0.2, 0) is 29.2 Å². The standard InChI is InChI=1S/C31H33F3N2O3S/c1-7-39-29(37)24(16-19-8-10-20(11-9-19)25-14-12-21(18-35-25)31(32,33)34)27-28(40-30(2,3)4)23-17-22(38-6)13-15-26(23)36(27)5/h8-15,17-18,24H,7,16H2,1-6H3. The SMILES string of the molecule is CCOC(=O)C(Cc1ccc(-c2ccc(C(F)(F)F)cn2)cc1)c1c(SC(C)(C)C)c2cc(OC)ccc2n1C. The summed E-state index contributed by atoms with van der Waals surface area (Å²) in [6, 6.07) is 15.7. The molecule has 0 N–H and O–H groups in total. The maximum Gasteiger partial charge on any atom is 0.417 e. The fourth-order valence-corrected chi connectivity index (χ4v) is 5.93. The van der Waals surface area contributed by atoms with Crippen LogP contribution in [0.2, 0.25) is 0 Å². The van der Waals surface area contributed by atoms with Gasteiger partial charge >= 0.3 is 12.1 Å². The van der Waals surface area contributed by atoms with Gasteiger partial charge in [-0.15, -0.1) is 11.8 Å². The number of ether oxygens (including phenoxy) is 2. The zero-order valence-electron chi connectivity index (χ0n) is 23.4. The van der Waals surface area contributed by atoms with Gasteiger partial charge in [-0.25, -0.2) is 0 Å². The molecule has 0 amide bonds. The number of hydrogen-bond donors (Lipinski definition) is 0. The molecule has 0 saturated heterocycles. The monoisotopic (exact) mass is 570 g/mol. The Hall–Kier alpha value is -3.46. The van der Waals surface area contributed by atoms with Crippen LogP contribution in [0.4, 0.5) is 13.2 Å². The summed E-state index contributed by atoms with van der Waals surface area (Å²) < 4.78 is 51.8. The Labute approximate surface area is 236 Å². The lowest BCUT2D eigenvalue weighted by molar-refractivity contribution is -0.145. The van der Waals surface area contributed by atoms with Crippen LogP contribution >= 0.6 is 11.8 Å². The third-order valence-corrected chi connectivity index (χ3v) is 7.74. The summed E-state index contributed by atoms with van der Waals surface area (Å²) in [6.07, 6.45) is -3.21. The molecule has 212 valence electrons. The van der Waals surface area contributed by atoms with Gasteiger partial charge in [0.15, 0.2) is 0 Å². The van der Waals surface area contributed by atoms with Crippen molar-refractivity contribution in [2.45, 2.75) is 55.9 Å². The van der Waals surface area contributed by atoms with Crippen molar-refractivity contribution in [3.8, 4) is 17.0 Å². The second kappa shape index (κ2) is 11.6. The largest absolute Gasteiger partial charge is 0.497 e. The highest BCUT2D eigenvalue weighted by molar-refractivity contribution is 8.00. The average Bonchev–Trinajstić information content (AvgIpc) is 3.16. The lowest BCUT2D eigenvalue weighted by Crippen LogP contribution is -2.22. The van der Waals surface area contributed by atoms with Crippen LogP contribution in [0, 0.1) is 0 Å². The van der Waals surface area contributed by atoms with E-state index in [0.717, 1.165) is 45.1 Å². The molecule has 2 aromatic carbocycles. The fourth-order valence-electron chi connectivity index (χ4n) is 4.66. The summed E-state index contributed by atoms with van der Waals surface area (Å²) in [7, 11) is 3.59. The van der Waals surface area contributed by atoms with E-state index in [1.807, 2.05) is 49.5 Å². The molecule has 2 aromatic heterocycles. The molecule has 0 aliphatic carbocycles. The average molecular weight is 571 g/mol. The molecule has 40 heavy (non-hydrogen) atoms. The van der Waals surface area contributed by atoms with Crippen LogP contribution < -0.4 is 4.74 Å². The zero-order valence-corrected chi connectivity index (χ0v) is 24.2. The third-order valence-electron chi connectivity index (χ3n) is 6.49. The summed E-state index contributed by atoms with van der Waals surface area (Å²) in [4.78, 5) is 18.4. The van der Waals surface area contributed by atoms with Crippen LogP contribution in [0.1, 0.15) is 50.4 Å². The van der Waals surface area contributed by atoms with Crippen LogP contribution in [0.5, 0.6) is 5.75 Å². The minimum Gasteiger partial charge on any atom is -0.497 e. The topological polar surface area (TPSA) is 53.4 Å². The zero-order chi connectivity index (χ0) is 29.2. The first-order valence-corrected chi connectivity index (χ1v) is 13.8. The van der Waals surface area contributed by atoms with Gasteiger partial charge in [0.1, 0.15) is 11.7 Å². The number of pyridine rings is 1. The Bertz CT molecular complexity index is 1490. The van der Waals surface area contributed by atoms with E-state index in [1.165, 1.54) is 6.07 Å². The van der Waals surface area contributed by atoms with Crippen molar-refractivity contribution >= 4 is 28.6 Å². The molecule has 0 spiro atoms. The minimum absolute atomic E-state index is 0.123. The Morgan fingerprint density at radius 3 is 2.30 bits per heavy atom. The summed E-state index contributed by atoms with van der Waals surface area (Å²) in [5.74, 6) is -0.159. The maximum absolute atomic E-state index is 13.4. The summed E-state index contributed by atoms with van der Waals surface area (Å²) in [5.41, 5.74) is 3.08. The Balaban J connectivity index is 1.74. The van der Waals surface area contributed by atoms with Gasteiger partial charge < -0.3 is 14.0 Å². The summed E-state index contributed by atoms with van der Waals surface area (Å²) >= 11 is 1.70. The number of fused-ring (bicyclic) bond motifs is 1. The number of rotatable bonds is 8. The lowest BCUT2D eigenvalue weighted by atomic mass is 9.94. The number of benzene rings is 2. The van der Waals surface area contributed by atoms with E-state index in [4.69, 9.17) is 9.47 Å². The van der Waals surface area contributed by atoms with Gasteiger partial charge in [-0.2, -0.15) is 13.2 Å². The number of thioether (sulfide) groups is 1. The van der Waals surface area contributed by atoms with Crippen LogP contribution in [0.25, 0.3) is 22.2 Å². The Morgan fingerprint density at radius 2 is 1.75 bits per heavy atom. The molecule has 4 rings (SSSR count). The van der Waals surface area contributed by atoms with Crippen molar-refractivity contribution < 1.29 is 27.4 Å². The van der Waals surface area contributed by atoms with Crippen LogP contribution in [-0.4, -0.2) is 34.0 Å². The van der Waals surface area contributed by atoms with E-state index >= 15 is 0 Å². The highest BCUT2D eigenvalue weighted by Crippen LogP contribution is 2.45. The number of aromatic nitrogens is 2. The van der Waals surface area contributed by atoms with Crippen molar-refractivity contribution in [1.29, 1.82) is 0 Å². The molecule has 1 unspecified atom stereocenters. The van der Waals surface area contributed by atoms with Gasteiger partial charge in [-0.05, 0) is 49.2 Å². The second-order valence-electron chi connectivity index (χ2n) is 10.5. The van der Waals surface area contributed by atoms with Gasteiger partial charge in [0.25, 0.3) is 0 Å². The molecule has 9 heteroatoms. The number of aryl methyl sites for hydroxylation is 1. The Kier molecular flexibility index (Phi) is 8.54. The summed E-state index contributed by atoms with van der Waals surface area (Å²) in [6.45, 7) is 8.45. The molecule has 5 nitrogen and oxygen atoms in total. The molecule has 0 radical (unpaired) electrons. The predicted octanol–water partition coefficient (Wildman–Crippen LogP) is 8.05. The number of methoxy groups -OCH3 is 1.